The molecule has 2 fully saturated rings. The Morgan fingerprint density at radius 3 is 3.10 bits per heavy atom. The van der Waals surface area contributed by atoms with Crippen LogP contribution in [0.3, 0.4) is 0 Å². The van der Waals surface area contributed by atoms with Crippen molar-refractivity contribution in [3.63, 3.8) is 0 Å². The van der Waals surface area contributed by atoms with Gasteiger partial charge in [0.05, 0.1) is 7.11 Å². The van der Waals surface area contributed by atoms with E-state index >= 15 is 0 Å². The number of anilines is 1. The van der Waals surface area contributed by atoms with Gasteiger partial charge >= 0.3 is 5.97 Å². The minimum absolute atomic E-state index is 0.137. The van der Waals surface area contributed by atoms with Gasteiger partial charge in [0.25, 0.3) is 0 Å². The standard InChI is InChI=1S/C15H19FN2O2/c1-20-14(19)15(7-9-18-8-3-6-13(15)18)17-12-5-2-4-11(16)10-12/h2,4-5,10,13,17H,3,6-9H2,1H3. The molecule has 2 atom stereocenters. The van der Waals surface area contributed by atoms with Crippen LogP contribution in [0.4, 0.5) is 10.1 Å². The Balaban J connectivity index is 1.93. The molecule has 4 nitrogen and oxygen atoms in total. The highest BCUT2D eigenvalue weighted by Gasteiger charge is 2.55. The summed E-state index contributed by atoms with van der Waals surface area (Å²) < 4.78 is 18.4. The number of hydrogen-bond donors (Lipinski definition) is 1. The van der Waals surface area contributed by atoms with Gasteiger partial charge in [0.15, 0.2) is 5.54 Å². The van der Waals surface area contributed by atoms with Crippen molar-refractivity contribution < 1.29 is 13.9 Å². The number of benzene rings is 1. The Morgan fingerprint density at radius 2 is 2.35 bits per heavy atom. The summed E-state index contributed by atoms with van der Waals surface area (Å²) in [6.07, 6.45) is 2.76. The average molecular weight is 278 g/mol. The first-order chi connectivity index (χ1) is 9.65. The summed E-state index contributed by atoms with van der Waals surface area (Å²) in [5, 5.41) is 3.26. The largest absolute Gasteiger partial charge is 0.467 e. The molecule has 1 aromatic rings. The van der Waals surface area contributed by atoms with Gasteiger partial charge in [-0.3, -0.25) is 4.90 Å². The highest BCUT2D eigenvalue weighted by Crippen LogP contribution is 2.39. The molecular weight excluding hydrogens is 259 g/mol. The number of carbonyl (C=O) groups excluding carboxylic acids is 1. The second-order valence-electron chi connectivity index (χ2n) is 5.54. The van der Waals surface area contributed by atoms with Crippen molar-refractivity contribution in [1.82, 2.24) is 4.90 Å². The second kappa shape index (κ2) is 5.05. The van der Waals surface area contributed by atoms with Crippen LogP contribution >= 0.6 is 0 Å². The van der Waals surface area contributed by atoms with E-state index in [1.807, 2.05) is 0 Å². The molecule has 0 bridgehead atoms. The first-order valence-corrected chi connectivity index (χ1v) is 7.02. The van der Waals surface area contributed by atoms with Crippen LogP contribution in [0.1, 0.15) is 19.3 Å². The maximum atomic E-state index is 13.4. The van der Waals surface area contributed by atoms with Crippen molar-refractivity contribution >= 4 is 11.7 Å². The summed E-state index contributed by atoms with van der Waals surface area (Å²) in [5.74, 6) is -0.563. The van der Waals surface area contributed by atoms with E-state index in [9.17, 15) is 9.18 Å². The predicted octanol–water partition coefficient (Wildman–Crippen LogP) is 2.02. The lowest BCUT2D eigenvalue weighted by Crippen LogP contribution is -2.54. The molecule has 0 amide bonds. The van der Waals surface area contributed by atoms with Crippen molar-refractivity contribution in [3.05, 3.63) is 30.1 Å². The monoisotopic (exact) mass is 278 g/mol. The quantitative estimate of drug-likeness (QED) is 0.859. The molecule has 0 saturated carbocycles. The van der Waals surface area contributed by atoms with Gasteiger partial charge in [-0.25, -0.2) is 9.18 Å². The zero-order valence-electron chi connectivity index (χ0n) is 11.6. The highest BCUT2D eigenvalue weighted by atomic mass is 19.1. The van der Waals surface area contributed by atoms with Crippen LogP contribution in [0, 0.1) is 5.82 Å². The maximum Gasteiger partial charge on any atom is 0.333 e. The van der Waals surface area contributed by atoms with E-state index in [2.05, 4.69) is 10.2 Å². The summed E-state index contributed by atoms with van der Waals surface area (Å²) in [6, 6.07) is 6.38. The second-order valence-corrected chi connectivity index (χ2v) is 5.54. The maximum absolute atomic E-state index is 13.4. The number of nitrogens with one attached hydrogen (secondary N) is 1. The molecule has 0 aromatic heterocycles. The molecule has 0 spiro atoms. The number of hydrogen-bond acceptors (Lipinski definition) is 4. The third kappa shape index (κ3) is 2.06. The number of rotatable bonds is 3. The Kier molecular flexibility index (Phi) is 3.38. The van der Waals surface area contributed by atoms with Gasteiger partial charge in [-0.2, -0.15) is 0 Å². The van der Waals surface area contributed by atoms with E-state index in [0.717, 1.165) is 25.9 Å². The van der Waals surface area contributed by atoms with Crippen LogP contribution in [-0.4, -0.2) is 42.6 Å². The number of fused-ring (bicyclic) bond motifs is 1. The Labute approximate surface area is 117 Å². The number of methoxy groups -OCH3 is 1. The number of esters is 1. The summed E-state index contributed by atoms with van der Waals surface area (Å²) in [5.41, 5.74) is -0.122. The van der Waals surface area contributed by atoms with Gasteiger partial charge in [-0.1, -0.05) is 6.07 Å². The first-order valence-electron chi connectivity index (χ1n) is 7.02. The predicted molar refractivity (Wildman–Crippen MR) is 74.0 cm³/mol. The highest BCUT2D eigenvalue weighted by molar-refractivity contribution is 5.86. The van der Waals surface area contributed by atoms with Crippen LogP contribution in [-0.2, 0) is 9.53 Å². The van der Waals surface area contributed by atoms with Gasteiger partial charge in [0.2, 0.25) is 0 Å². The van der Waals surface area contributed by atoms with Gasteiger partial charge in [-0.05, 0) is 44.0 Å². The Morgan fingerprint density at radius 1 is 1.50 bits per heavy atom. The molecule has 108 valence electrons. The number of carbonyl (C=O) groups is 1. The molecule has 1 aromatic carbocycles. The van der Waals surface area contributed by atoms with Crippen LogP contribution in [0.5, 0.6) is 0 Å². The molecular formula is C15H19FN2O2. The fourth-order valence-corrected chi connectivity index (χ4v) is 3.58. The van der Waals surface area contributed by atoms with Gasteiger partial charge in [-0.15, -0.1) is 0 Å². The van der Waals surface area contributed by atoms with Crippen LogP contribution in [0.2, 0.25) is 0 Å². The van der Waals surface area contributed by atoms with Crippen molar-refractivity contribution in [2.75, 3.05) is 25.5 Å². The zero-order valence-corrected chi connectivity index (χ0v) is 11.6. The zero-order chi connectivity index (χ0) is 14.2. The molecule has 0 aliphatic carbocycles. The Bertz CT molecular complexity index is 522. The van der Waals surface area contributed by atoms with E-state index in [1.54, 1.807) is 12.1 Å². The van der Waals surface area contributed by atoms with Crippen LogP contribution < -0.4 is 5.32 Å². The van der Waals surface area contributed by atoms with Crippen molar-refractivity contribution in [2.45, 2.75) is 30.8 Å². The number of halogens is 1. The molecule has 2 unspecified atom stereocenters. The van der Waals surface area contributed by atoms with E-state index in [1.165, 1.54) is 19.2 Å². The van der Waals surface area contributed by atoms with Gasteiger partial charge < -0.3 is 10.1 Å². The molecule has 2 aliphatic heterocycles. The minimum atomic E-state index is -0.751. The van der Waals surface area contributed by atoms with Gasteiger partial charge in [0.1, 0.15) is 5.82 Å². The van der Waals surface area contributed by atoms with E-state index in [0.29, 0.717) is 12.1 Å². The van der Waals surface area contributed by atoms with Crippen molar-refractivity contribution in [1.29, 1.82) is 0 Å². The molecule has 3 rings (SSSR count). The molecule has 5 heteroatoms. The first kappa shape index (κ1) is 13.4. The smallest absolute Gasteiger partial charge is 0.333 e. The fraction of sp³-hybridized carbons (Fsp3) is 0.533. The summed E-state index contributed by atoms with van der Waals surface area (Å²) >= 11 is 0. The summed E-state index contributed by atoms with van der Waals surface area (Å²) in [4.78, 5) is 14.7. The normalized spacial score (nSPS) is 29.2. The third-order valence-electron chi connectivity index (χ3n) is 4.47. The molecule has 2 aliphatic rings. The molecule has 0 radical (unpaired) electrons. The third-order valence-corrected chi connectivity index (χ3v) is 4.47. The lowest BCUT2D eigenvalue weighted by molar-refractivity contribution is -0.146. The summed E-state index contributed by atoms with van der Waals surface area (Å²) in [6.45, 7) is 1.90. The fourth-order valence-electron chi connectivity index (χ4n) is 3.58. The molecule has 2 saturated heterocycles. The topological polar surface area (TPSA) is 41.6 Å². The van der Waals surface area contributed by atoms with Crippen molar-refractivity contribution in [3.8, 4) is 0 Å². The Hall–Kier alpha value is -1.62. The van der Waals surface area contributed by atoms with Gasteiger partial charge in [0, 0.05) is 18.3 Å². The molecule has 20 heavy (non-hydrogen) atoms. The number of ether oxygens (including phenoxy) is 1. The molecule has 2 heterocycles. The minimum Gasteiger partial charge on any atom is -0.467 e. The molecule has 1 N–H and O–H groups in total. The summed E-state index contributed by atoms with van der Waals surface area (Å²) in [7, 11) is 1.41. The average Bonchev–Trinajstić information content (AvgIpc) is 3.02. The SMILES string of the molecule is COC(=O)C1(Nc2cccc(F)c2)CCN2CCCC21. The van der Waals surface area contributed by atoms with Crippen LogP contribution in [0.15, 0.2) is 24.3 Å². The van der Waals surface area contributed by atoms with E-state index in [4.69, 9.17) is 4.74 Å². The number of nitrogens with zero attached hydrogens (tertiary/aromatic N) is 1. The lowest BCUT2D eigenvalue weighted by atomic mass is 9.88. The van der Waals surface area contributed by atoms with Crippen LogP contribution in [0.25, 0.3) is 0 Å². The van der Waals surface area contributed by atoms with E-state index < -0.39 is 5.54 Å². The lowest BCUT2D eigenvalue weighted by Gasteiger charge is -2.34. The van der Waals surface area contributed by atoms with Crippen molar-refractivity contribution in [2.24, 2.45) is 0 Å². The van der Waals surface area contributed by atoms with E-state index in [-0.39, 0.29) is 17.8 Å².